The van der Waals surface area contributed by atoms with Crippen molar-refractivity contribution in [2.45, 2.75) is 64.2 Å². The van der Waals surface area contributed by atoms with E-state index in [1.54, 1.807) is 24.3 Å². The van der Waals surface area contributed by atoms with Crippen LogP contribution in [0.1, 0.15) is 49.4 Å². The van der Waals surface area contributed by atoms with Gasteiger partial charge in [0, 0.05) is 4.90 Å². The highest BCUT2D eigenvalue weighted by Crippen LogP contribution is 2.59. The van der Waals surface area contributed by atoms with Gasteiger partial charge in [0.1, 0.15) is 5.60 Å². The molecule has 0 unspecified atom stereocenters. The Morgan fingerprint density at radius 2 is 1.14 bits per heavy atom. The molecule has 4 aromatic carbocycles. The summed E-state index contributed by atoms with van der Waals surface area (Å²) in [4.78, 5) is 17.4. The first-order chi connectivity index (χ1) is 21.0. The summed E-state index contributed by atoms with van der Waals surface area (Å²) >= 11 is 0.808. The van der Waals surface area contributed by atoms with E-state index in [9.17, 15) is 10.1 Å². The Morgan fingerprint density at radius 3 is 1.56 bits per heavy atom. The summed E-state index contributed by atoms with van der Waals surface area (Å²) in [5, 5.41) is 13.2. The molecule has 0 atom stereocenters. The van der Waals surface area contributed by atoms with Crippen LogP contribution in [-0.4, -0.2) is 11.6 Å². The molecular formula is C36H36O5S2. The number of carbonyl (C=O) groups is 1. The van der Waals surface area contributed by atoms with E-state index in [0.717, 1.165) is 23.9 Å². The highest BCUT2D eigenvalue weighted by atomic mass is 32.2. The number of hydrogen-bond acceptors (Lipinski definition) is 6. The van der Waals surface area contributed by atoms with Gasteiger partial charge in [-0.3, -0.25) is 5.04 Å². The van der Waals surface area contributed by atoms with Crippen molar-refractivity contribution in [1.82, 2.24) is 0 Å². The molecule has 0 saturated heterocycles. The van der Waals surface area contributed by atoms with E-state index < -0.39 is 0 Å². The standard InChI is InChI=1S/C18H22O5S.C18H15S/c1-18(14-7-11-6-12(9-14)10-15(18)8-11)21-17(19)13-2-4-16(5-3-13)24-23-22-20;1-4-10-16(11-5-1)19(17-12-6-2-7-13-17)18-14-8-3-9-15-18/h2-5,11-12,14-15,20H,6-10H2,1H3;1-15H/q;+1/p-1. The number of esters is 1. The van der Waals surface area contributed by atoms with E-state index in [-0.39, 0.29) is 22.5 Å². The van der Waals surface area contributed by atoms with Crippen molar-refractivity contribution < 1.29 is 24.2 Å². The Kier molecular flexibility index (Phi) is 9.55. The third-order valence-electron chi connectivity index (χ3n) is 9.26. The van der Waals surface area contributed by atoms with E-state index in [1.165, 1.54) is 46.8 Å². The maximum atomic E-state index is 12.6. The van der Waals surface area contributed by atoms with Gasteiger partial charge in [-0.15, -0.1) is 0 Å². The number of hydrogen-bond donors (Lipinski definition) is 0. The minimum absolute atomic E-state index is 0.0146. The zero-order valence-corrected chi connectivity index (χ0v) is 25.8. The minimum atomic E-state index is -0.322. The lowest BCUT2D eigenvalue weighted by molar-refractivity contribution is -0.777. The van der Waals surface area contributed by atoms with Crippen LogP contribution in [-0.2, 0) is 25.0 Å². The molecule has 4 bridgehead atoms. The van der Waals surface area contributed by atoms with Crippen LogP contribution in [0.4, 0.5) is 0 Å². The lowest BCUT2D eigenvalue weighted by atomic mass is 9.50. The molecular weight excluding hydrogens is 577 g/mol. The van der Waals surface area contributed by atoms with Gasteiger partial charge in [-0.1, -0.05) is 54.6 Å². The van der Waals surface area contributed by atoms with Crippen molar-refractivity contribution in [2.75, 3.05) is 0 Å². The van der Waals surface area contributed by atoms with Crippen LogP contribution in [0.5, 0.6) is 0 Å². The molecule has 0 spiro atoms. The van der Waals surface area contributed by atoms with Crippen LogP contribution in [0.2, 0.25) is 0 Å². The maximum absolute atomic E-state index is 12.6. The molecule has 0 aliphatic heterocycles. The SMILES string of the molecule is CC1(OC(=O)c2ccc(SOO[O-])cc2)C2CC3CC(C2)CC1C3.c1ccc([S+](c2ccccc2)c2ccccc2)cc1. The molecule has 8 rings (SSSR count). The Bertz CT molecular complexity index is 1340. The van der Waals surface area contributed by atoms with Crippen molar-refractivity contribution in [3.8, 4) is 0 Å². The summed E-state index contributed by atoms with van der Waals surface area (Å²) in [5.41, 5.74) is 0.203. The van der Waals surface area contributed by atoms with E-state index in [2.05, 4.69) is 107 Å². The number of carbonyl (C=O) groups excluding carboxylic acids is 1. The molecule has 43 heavy (non-hydrogen) atoms. The summed E-state index contributed by atoms with van der Waals surface area (Å²) in [5.74, 6) is 2.45. The third kappa shape index (κ3) is 6.87. The average Bonchev–Trinajstić information content (AvgIpc) is 3.05. The molecule has 4 aliphatic rings. The van der Waals surface area contributed by atoms with Crippen molar-refractivity contribution in [1.29, 1.82) is 0 Å². The summed E-state index contributed by atoms with van der Waals surface area (Å²) in [7, 11) is -0.0146. The van der Waals surface area contributed by atoms with Gasteiger partial charge < -0.3 is 9.99 Å². The fraction of sp³-hybridized carbons (Fsp3) is 0.306. The first-order valence-electron chi connectivity index (χ1n) is 14.9. The maximum Gasteiger partial charge on any atom is 0.338 e. The highest BCUT2D eigenvalue weighted by Gasteiger charge is 2.57. The van der Waals surface area contributed by atoms with Gasteiger partial charge >= 0.3 is 5.97 Å². The summed E-state index contributed by atoms with van der Waals surface area (Å²) in [6.07, 6.45) is 6.21. The van der Waals surface area contributed by atoms with Gasteiger partial charge in [0.25, 0.3) is 0 Å². The zero-order valence-electron chi connectivity index (χ0n) is 24.2. The molecule has 0 radical (unpaired) electrons. The van der Waals surface area contributed by atoms with Crippen LogP contribution in [0, 0.1) is 23.7 Å². The predicted octanol–water partition coefficient (Wildman–Crippen LogP) is 8.07. The molecule has 0 N–H and O–H groups in total. The monoisotopic (exact) mass is 612 g/mol. The van der Waals surface area contributed by atoms with Crippen LogP contribution in [0.3, 0.4) is 0 Å². The largest absolute Gasteiger partial charge is 0.691 e. The molecule has 0 heterocycles. The molecule has 4 saturated carbocycles. The molecule has 0 amide bonds. The molecule has 5 nitrogen and oxygen atoms in total. The van der Waals surface area contributed by atoms with Crippen molar-refractivity contribution >= 4 is 28.9 Å². The number of rotatable bonds is 8. The molecule has 4 fully saturated rings. The second-order valence-corrected chi connectivity index (χ2v) is 14.7. The zero-order chi connectivity index (χ0) is 29.6. The minimum Gasteiger partial charge on any atom is -0.691 e. The van der Waals surface area contributed by atoms with Crippen LogP contribution in [0.25, 0.3) is 0 Å². The normalized spacial score (nSPS) is 25.2. The lowest BCUT2D eigenvalue weighted by Crippen LogP contribution is -2.58. The summed E-state index contributed by atoms with van der Waals surface area (Å²) < 4.78 is 10.3. The van der Waals surface area contributed by atoms with Gasteiger partial charge in [0.2, 0.25) is 0 Å². The van der Waals surface area contributed by atoms with E-state index >= 15 is 0 Å². The number of benzene rings is 4. The second kappa shape index (κ2) is 13.7. The van der Waals surface area contributed by atoms with Crippen LogP contribution < -0.4 is 5.26 Å². The van der Waals surface area contributed by atoms with Crippen molar-refractivity contribution in [2.24, 2.45) is 23.7 Å². The Hall–Kier alpha value is -3.07. The Morgan fingerprint density at radius 1 is 0.698 bits per heavy atom. The smallest absolute Gasteiger partial charge is 0.338 e. The summed E-state index contributed by atoms with van der Waals surface area (Å²) in [6.45, 7) is 2.14. The van der Waals surface area contributed by atoms with E-state index in [0.29, 0.717) is 22.3 Å². The second-order valence-electron chi connectivity index (χ2n) is 11.9. The fourth-order valence-electron chi connectivity index (χ4n) is 7.32. The predicted molar refractivity (Wildman–Crippen MR) is 167 cm³/mol. The van der Waals surface area contributed by atoms with E-state index in [4.69, 9.17) is 4.74 Å². The Labute approximate surface area is 261 Å². The van der Waals surface area contributed by atoms with Gasteiger partial charge in [-0.25, -0.2) is 4.79 Å². The van der Waals surface area contributed by atoms with E-state index in [1.807, 2.05) is 0 Å². The fourth-order valence-corrected chi connectivity index (χ4v) is 9.78. The molecule has 4 aromatic rings. The molecule has 0 aromatic heterocycles. The van der Waals surface area contributed by atoms with Crippen molar-refractivity contribution in [3.05, 3.63) is 121 Å². The van der Waals surface area contributed by atoms with Crippen molar-refractivity contribution in [3.63, 3.8) is 0 Å². The highest BCUT2D eigenvalue weighted by molar-refractivity contribution is 7.97. The molecule has 4 aliphatic carbocycles. The third-order valence-corrected chi connectivity index (χ3v) is 12.1. The van der Waals surface area contributed by atoms with Crippen LogP contribution in [0.15, 0.2) is 135 Å². The first-order valence-corrected chi connectivity index (χ1v) is 16.9. The Balaban J connectivity index is 0.000000157. The molecule has 222 valence electrons. The quantitative estimate of drug-likeness (QED) is 0.0659. The van der Waals surface area contributed by atoms with Crippen LogP contribution >= 0.6 is 12.0 Å². The van der Waals surface area contributed by atoms with Gasteiger partial charge in [0.15, 0.2) is 14.7 Å². The lowest BCUT2D eigenvalue weighted by Gasteiger charge is -2.59. The first kappa shape index (κ1) is 30.0. The average molecular weight is 613 g/mol. The van der Waals surface area contributed by atoms with Gasteiger partial charge in [-0.05, 0) is 123 Å². The molecule has 7 heteroatoms. The topological polar surface area (TPSA) is 67.8 Å². The van der Waals surface area contributed by atoms with Gasteiger partial charge in [-0.2, -0.15) is 4.33 Å². The number of ether oxygens (including phenoxy) is 1. The summed E-state index contributed by atoms with van der Waals surface area (Å²) in [6, 6.07) is 39.0. The van der Waals surface area contributed by atoms with Gasteiger partial charge in [0.05, 0.1) is 28.5 Å².